The molecule has 0 radical (unpaired) electrons. The predicted molar refractivity (Wildman–Crippen MR) is 81.8 cm³/mol. The van der Waals surface area contributed by atoms with Crippen molar-refractivity contribution in [1.29, 1.82) is 0 Å². The van der Waals surface area contributed by atoms with Gasteiger partial charge in [0.05, 0.1) is 11.2 Å². The maximum absolute atomic E-state index is 9.82. The third kappa shape index (κ3) is 2.38. The van der Waals surface area contributed by atoms with Crippen molar-refractivity contribution < 1.29 is 5.11 Å². The van der Waals surface area contributed by atoms with Gasteiger partial charge < -0.3 is 5.11 Å². The molecule has 0 bridgehead atoms. The van der Waals surface area contributed by atoms with E-state index in [0.717, 1.165) is 22.2 Å². The van der Waals surface area contributed by atoms with Gasteiger partial charge in [0, 0.05) is 23.4 Å². The van der Waals surface area contributed by atoms with Gasteiger partial charge in [0.25, 0.3) is 0 Å². The number of hydrogen-bond donors (Lipinski definition) is 1. The molecular weight excluding hydrogens is 248 g/mol. The predicted octanol–water partition coefficient (Wildman–Crippen LogP) is 4.00. The summed E-state index contributed by atoms with van der Waals surface area (Å²) in [5.41, 5.74) is 3.45. The first kappa shape index (κ1) is 12.4. The first-order chi connectivity index (χ1) is 9.74. The number of benzene rings is 2. The number of aryl methyl sites for hydroxylation is 1. The molecule has 0 aliphatic rings. The lowest BCUT2D eigenvalue weighted by Gasteiger charge is -2.02. The Morgan fingerprint density at radius 3 is 2.85 bits per heavy atom. The number of phenols is 1. The van der Waals surface area contributed by atoms with Crippen LogP contribution in [0.3, 0.4) is 0 Å². The van der Waals surface area contributed by atoms with E-state index in [1.165, 1.54) is 0 Å². The Labute approximate surface area is 117 Å². The van der Waals surface area contributed by atoms with Crippen molar-refractivity contribution in [2.75, 3.05) is 0 Å². The molecule has 1 aromatic heterocycles. The lowest BCUT2D eigenvalue weighted by atomic mass is 10.1. The van der Waals surface area contributed by atoms with Crippen LogP contribution in [0.4, 0.5) is 5.69 Å². The maximum atomic E-state index is 9.82. The average molecular weight is 262 g/mol. The summed E-state index contributed by atoms with van der Waals surface area (Å²) in [5.74, 6) is 0.229. The molecule has 20 heavy (non-hydrogen) atoms. The quantitative estimate of drug-likeness (QED) is 0.709. The van der Waals surface area contributed by atoms with Crippen molar-refractivity contribution in [1.82, 2.24) is 4.98 Å². The summed E-state index contributed by atoms with van der Waals surface area (Å²) >= 11 is 0. The zero-order chi connectivity index (χ0) is 13.9. The number of aliphatic imine (C=N–C) groups is 1. The van der Waals surface area contributed by atoms with Gasteiger partial charge in [0.2, 0.25) is 0 Å². The summed E-state index contributed by atoms with van der Waals surface area (Å²) in [4.78, 5) is 8.82. The van der Waals surface area contributed by atoms with Gasteiger partial charge in [0.15, 0.2) is 0 Å². The smallest absolute Gasteiger partial charge is 0.124 e. The van der Waals surface area contributed by atoms with E-state index in [0.29, 0.717) is 5.56 Å². The molecule has 0 aliphatic heterocycles. The van der Waals surface area contributed by atoms with Crippen LogP contribution in [0.1, 0.15) is 11.1 Å². The summed E-state index contributed by atoms with van der Waals surface area (Å²) in [6.45, 7) is 1.98. The fourth-order valence-corrected chi connectivity index (χ4v) is 2.11. The molecule has 0 unspecified atom stereocenters. The Bertz CT molecular complexity index is 789. The zero-order valence-electron chi connectivity index (χ0n) is 11.1. The lowest BCUT2D eigenvalue weighted by Crippen LogP contribution is -1.84. The highest BCUT2D eigenvalue weighted by Crippen LogP contribution is 2.24. The number of aromatic nitrogens is 1. The van der Waals surface area contributed by atoms with Crippen molar-refractivity contribution in [3.05, 3.63) is 65.9 Å². The van der Waals surface area contributed by atoms with Crippen LogP contribution < -0.4 is 0 Å². The number of phenolic OH excluding ortho intramolecular Hbond substituents is 1. The normalized spacial score (nSPS) is 11.2. The summed E-state index contributed by atoms with van der Waals surface area (Å²) in [7, 11) is 0. The summed E-state index contributed by atoms with van der Waals surface area (Å²) in [6.07, 6.45) is 3.43. The van der Waals surface area contributed by atoms with E-state index in [1.54, 1.807) is 18.5 Å². The van der Waals surface area contributed by atoms with E-state index in [4.69, 9.17) is 0 Å². The SMILES string of the molecule is Cc1ccc(O)c(C=Nc2cccc3cccnc23)c1. The molecule has 1 N–H and O–H groups in total. The van der Waals surface area contributed by atoms with Crippen LogP contribution >= 0.6 is 0 Å². The molecule has 0 atom stereocenters. The summed E-state index contributed by atoms with van der Waals surface area (Å²) in [5, 5.41) is 10.9. The summed E-state index contributed by atoms with van der Waals surface area (Å²) < 4.78 is 0. The molecule has 3 aromatic rings. The topological polar surface area (TPSA) is 45.5 Å². The first-order valence-corrected chi connectivity index (χ1v) is 6.41. The van der Waals surface area contributed by atoms with Crippen molar-refractivity contribution in [3.8, 4) is 5.75 Å². The Hall–Kier alpha value is -2.68. The van der Waals surface area contributed by atoms with Gasteiger partial charge >= 0.3 is 0 Å². The number of nitrogens with zero attached hydrogens (tertiary/aromatic N) is 2. The highest BCUT2D eigenvalue weighted by atomic mass is 16.3. The molecule has 1 heterocycles. The van der Waals surface area contributed by atoms with Crippen LogP contribution in [0, 0.1) is 6.92 Å². The van der Waals surface area contributed by atoms with E-state index in [2.05, 4.69) is 9.98 Å². The first-order valence-electron chi connectivity index (χ1n) is 6.41. The zero-order valence-corrected chi connectivity index (χ0v) is 11.1. The van der Waals surface area contributed by atoms with Crippen LogP contribution in [0.2, 0.25) is 0 Å². The van der Waals surface area contributed by atoms with E-state index in [1.807, 2.05) is 49.4 Å². The number of pyridine rings is 1. The molecule has 3 nitrogen and oxygen atoms in total. The van der Waals surface area contributed by atoms with Crippen LogP contribution in [0.25, 0.3) is 10.9 Å². The third-order valence-electron chi connectivity index (χ3n) is 3.14. The lowest BCUT2D eigenvalue weighted by molar-refractivity contribution is 0.474. The standard InChI is InChI=1S/C17H14N2O/c1-12-7-8-16(20)14(10-12)11-19-15-6-2-4-13-5-3-9-18-17(13)15/h2-11,20H,1H3. The number of rotatable bonds is 2. The van der Waals surface area contributed by atoms with Crippen LogP contribution in [-0.4, -0.2) is 16.3 Å². The minimum atomic E-state index is 0.229. The Balaban J connectivity index is 2.05. The largest absolute Gasteiger partial charge is 0.507 e. The van der Waals surface area contributed by atoms with Gasteiger partial charge in [-0.1, -0.05) is 29.8 Å². The average Bonchev–Trinajstić information content (AvgIpc) is 2.48. The van der Waals surface area contributed by atoms with E-state index >= 15 is 0 Å². The fraction of sp³-hybridized carbons (Fsp3) is 0.0588. The molecule has 3 rings (SSSR count). The number of aromatic hydroxyl groups is 1. The van der Waals surface area contributed by atoms with Gasteiger partial charge in [-0.3, -0.25) is 9.98 Å². The monoisotopic (exact) mass is 262 g/mol. The molecule has 0 aliphatic carbocycles. The minimum absolute atomic E-state index is 0.229. The van der Waals surface area contributed by atoms with Crippen LogP contribution in [0.5, 0.6) is 5.75 Å². The molecule has 0 fully saturated rings. The van der Waals surface area contributed by atoms with Gasteiger partial charge in [-0.25, -0.2) is 0 Å². The number of para-hydroxylation sites is 1. The highest BCUT2D eigenvalue weighted by molar-refractivity contribution is 5.93. The molecule has 0 saturated heterocycles. The molecule has 98 valence electrons. The van der Waals surface area contributed by atoms with Gasteiger partial charge in [-0.15, -0.1) is 0 Å². The van der Waals surface area contributed by atoms with Gasteiger partial charge in [-0.2, -0.15) is 0 Å². The molecule has 0 amide bonds. The molecule has 0 spiro atoms. The van der Waals surface area contributed by atoms with E-state index in [9.17, 15) is 5.11 Å². The number of hydrogen-bond acceptors (Lipinski definition) is 3. The molecule has 2 aromatic carbocycles. The van der Waals surface area contributed by atoms with Crippen molar-refractivity contribution >= 4 is 22.8 Å². The van der Waals surface area contributed by atoms with Gasteiger partial charge in [-0.05, 0) is 31.2 Å². The fourth-order valence-electron chi connectivity index (χ4n) is 2.11. The number of fused-ring (bicyclic) bond motifs is 1. The molecule has 0 saturated carbocycles. The Kier molecular flexibility index (Phi) is 3.17. The van der Waals surface area contributed by atoms with Crippen molar-refractivity contribution in [2.24, 2.45) is 4.99 Å². The Morgan fingerprint density at radius 2 is 1.95 bits per heavy atom. The summed E-state index contributed by atoms with van der Waals surface area (Å²) in [6, 6.07) is 15.2. The maximum Gasteiger partial charge on any atom is 0.124 e. The van der Waals surface area contributed by atoms with Crippen LogP contribution in [0.15, 0.2) is 59.7 Å². The molecule has 3 heteroatoms. The molecular formula is C17H14N2O. The second kappa shape index (κ2) is 5.13. The van der Waals surface area contributed by atoms with Gasteiger partial charge in [0.1, 0.15) is 5.75 Å². The van der Waals surface area contributed by atoms with Crippen molar-refractivity contribution in [2.45, 2.75) is 6.92 Å². The van der Waals surface area contributed by atoms with Crippen molar-refractivity contribution in [3.63, 3.8) is 0 Å². The third-order valence-corrected chi connectivity index (χ3v) is 3.14. The Morgan fingerprint density at radius 1 is 1.10 bits per heavy atom. The minimum Gasteiger partial charge on any atom is -0.507 e. The van der Waals surface area contributed by atoms with Crippen LogP contribution in [-0.2, 0) is 0 Å². The van der Waals surface area contributed by atoms with E-state index in [-0.39, 0.29) is 5.75 Å². The second-order valence-corrected chi connectivity index (χ2v) is 4.67. The second-order valence-electron chi connectivity index (χ2n) is 4.67. The van der Waals surface area contributed by atoms with E-state index < -0.39 is 0 Å². The highest BCUT2D eigenvalue weighted by Gasteiger charge is 2.01.